The van der Waals surface area contributed by atoms with Crippen molar-refractivity contribution in [3.63, 3.8) is 0 Å². The van der Waals surface area contributed by atoms with Gasteiger partial charge in [0, 0.05) is 18.6 Å². The van der Waals surface area contributed by atoms with E-state index in [0.717, 1.165) is 5.56 Å². The number of dihydropyridines is 1. The van der Waals surface area contributed by atoms with E-state index in [1.807, 2.05) is 18.2 Å². The molecule has 1 N–H and O–H groups in total. The van der Waals surface area contributed by atoms with Gasteiger partial charge in [0.05, 0.1) is 5.03 Å². The van der Waals surface area contributed by atoms with Gasteiger partial charge in [0.2, 0.25) is 0 Å². The lowest BCUT2D eigenvalue weighted by molar-refractivity contribution is 0.663. The molecule has 4 heteroatoms. The van der Waals surface area contributed by atoms with Crippen molar-refractivity contribution in [2.24, 2.45) is 0 Å². The maximum atomic E-state index is 6.34. The molecule has 1 aromatic heterocycles. The third kappa shape index (κ3) is 1.76. The summed E-state index contributed by atoms with van der Waals surface area (Å²) in [5, 5.41) is 3.65. The number of allylic oxidation sites excluding steroid dienone is 2. The zero-order chi connectivity index (χ0) is 10.0. The van der Waals surface area contributed by atoms with Crippen LogP contribution in [0.4, 0.5) is 0 Å². The lowest BCUT2D eigenvalue weighted by atomic mass is 10.1. The molecule has 1 aliphatic rings. The highest BCUT2D eigenvalue weighted by Crippen LogP contribution is 2.30. The predicted molar refractivity (Wildman–Crippen MR) is 58.0 cm³/mol. The average molecular weight is 227 g/mol. The maximum Gasteiger partial charge on any atom is 0.157 e. The molecule has 1 aromatic rings. The van der Waals surface area contributed by atoms with E-state index in [9.17, 15) is 0 Å². The molecule has 0 saturated carbocycles. The topological polar surface area (TPSA) is 24.9 Å². The SMILES string of the molecule is ClC1=CNC(Cl)(c2ccncc2)C=C1. The molecule has 0 aliphatic carbocycles. The van der Waals surface area contributed by atoms with Crippen molar-refractivity contribution >= 4 is 23.2 Å². The second kappa shape index (κ2) is 3.64. The van der Waals surface area contributed by atoms with Crippen LogP contribution >= 0.6 is 23.2 Å². The minimum atomic E-state index is -0.707. The number of nitrogens with zero attached hydrogens (tertiary/aromatic N) is 1. The Balaban J connectivity index is 2.32. The van der Waals surface area contributed by atoms with Gasteiger partial charge in [0.25, 0.3) is 0 Å². The fraction of sp³-hybridized carbons (Fsp3) is 0.100. The first-order valence-corrected chi connectivity index (χ1v) is 4.88. The van der Waals surface area contributed by atoms with E-state index in [1.165, 1.54) is 0 Å². The fourth-order valence-electron chi connectivity index (χ4n) is 1.24. The van der Waals surface area contributed by atoms with E-state index in [4.69, 9.17) is 23.2 Å². The Morgan fingerprint density at radius 3 is 2.57 bits per heavy atom. The highest BCUT2D eigenvalue weighted by atomic mass is 35.5. The van der Waals surface area contributed by atoms with Gasteiger partial charge in [-0.1, -0.05) is 23.2 Å². The van der Waals surface area contributed by atoms with E-state index < -0.39 is 5.00 Å². The molecule has 0 amide bonds. The number of pyridine rings is 1. The first kappa shape index (κ1) is 9.56. The van der Waals surface area contributed by atoms with Crippen LogP contribution in [0.15, 0.2) is 47.9 Å². The Labute approximate surface area is 92.2 Å². The Bertz CT molecular complexity index is 386. The molecule has 72 valence electrons. The van der Waals surface area contributed by atoms with Crippen LogP contribution in [0, 0.1) is 0 Å². The number of hydrogen-bond donors (Lipinski definition) is 1. The summed E-state index contributed by atoms with van der Waals surface area (Å²) in [5.41, 5.74) is 0.936. The molecule has 2 rings (SSSR count). The predicted octanol–water partition coefficient (Wildman–Crippen LogP) is 2.71. The van der Waals surface area contributed by atoms with Crippen LogP contribution in [0.25, 0.3) is 0 Å². The van der Waals surface area contributed by atoms with E-state index in [-0.39, 0.29) is 0 Å². The van der Waals surface area contributed by atoms with Gasteiger partial charge < -0.3 is 5.32 Å². The Hall–Kier alpha value is -0.990. The van der Waals surface area contributed by atoms with Crippen LogP contribution in [-0.2, 0) is 5.00 Å². The van der Waals surface area contributed by atoms with Gasteiger partial charge in [-0.15, -0.1) is 0 Å². The number of rotatable bonds is 1. The molecule has 2 nitrogen and oxygen atoms in total. The van der Waals surface area contributed by atoms with Crippen molar-refractivity contribution in [3.05, 3.63) is 53.5 Å². The van der Waals surface area contributed by atoms with E-state index in [0.29, 0.717) is 5.03 Å². The highest BCUT2D eigenvalue weighted by molar-refractivity contribution is 6.32. The van der Waals surface area contributed by atoms with E-state index in [2.05, 4.69) is 10.3 Å². The Morgan fingerprint density at radius 2 is 2.00 bits per heavy atom. The normalized spacial score (nSPS) is 25.4. The number of aromatic nitrogens is 1. The summed E-state index contributed by atoms with van der Waals surface area (Å²) in [6.07, 6.45) is 8.66. The summed E-state index contributed by atoms with van der Waals surface area (Å²) >= 11 is 12.1. The van der Waals surface area contributed by atoms with Crippen molar-refractivity contribution in [2.75, 3.05) is 0 Å². The van der Waals surface area contributed by atoms with Crippen LogP contribution in [0.2, 0.25) is 0 Å². The molecule has 14 heavy (non-hydrogen) atoms. The van der Waals surface area contributed by atoms with E-state index >= 15 is 0 Å². The van der Waals surface area contributed by atoms with Crippen LogP contribution < -0.4 is 5.32 Å². The van der Waals surface area contributed by atoms with Crippen molar-refractivity contribution in [1.82, 2.24) is 10.3 Å². The Morgan fingerprint density at radius 1 is 1.29 bits per heavy atom. The number of alkyl halides is 1. The lowest BCUT2D eigenvalue weighted by Gasteiger charge is -2.26. The van der Waals surface area contributed by atoms with Gasteiger partial charge in [-0.2, -0.15) is 0 Å². The van der Waals surface area contributed by atoms with Gasteiger partial charge in [-0.25, -0.2) is 0 Å². The average Bonchev–Trinajstić information content (AvgIpc) is 2.24. The maximum absolute atomic E-state index is 6.34. The quantitative estimate of drug-likeness (QED) is 0.589. The highest BCUT2D eigenvalue weighted by Gasteiger charge is 2.26. The largest absolute Gasteiger partial charge is 0.365 e. The second-order valence-corrected chi connectivity index (χ2v) is 3.99. The molecular weight excluding hydrogens is 219 g/mol. The smallest absolute Gasteiger partial charge is 0.157 e. The van der Waals surface area contributed by atoms with Gasteiger partial charge in [0.15, 0.2) is 5.00 Å². The first-order valence-electron chi connectivity index (χ1n) is 4.13. The molecule has 0 saturated heterocycles. The number of hydrogen-bond acceptors (Lipinski definition) is 2. The minimum Gasteiger partial charge on any atom is -0.365 e. The van der Waals surface area contributed by atoms with Crippen molar-refractivity contribution in [1.29, 1.82) is 0 Å². The van der Waals surface area contributed by atoms with Gasteiger partial charge in [0.1, 0.15) is 0 Å². The lowest BCUT2D eigenvalue weighted by Crippen LogP contribution is -2.32. The minimum absolute atomic E-state index is 0.635. The van der Waals surface area contributed by atoms with Crippen LogP contribution in [-0.4, -0.2) is 4.98 Å². The van der Waals surface area contributed by atoms with Crippen LogP contribution in [0.3, 0.4) is 0 Å². The molecule has 1 aliphatic heterocycles. The molecule has 0 aromatic carbocycles. The summed E-state index contributed by atoms with van der Waals surface area (Å²) in [6.45, 7) is 0. The zero-order valence-electron chi connectivity index (χ0n) is 7.24. The standard InChI is InChI=1S/C10H8Cl2N2/c11-9-1-4-10(12,14-7-9)8-2-5-13-6-3-8/h1-7,14H. The molecule has 0 bridgehead atoms. The van der Waals surface area contributed by atoms with Crippen molar-refractivity contribution in [2.45, 2.75) is 5.00 Å². The summed E-state index contributed by atoms with van der Waals surface area (Å²) < 4.78 is 0. The summed E-state index contributed by atoms with van der Waals surface area (Å²) in [7, 11) is 0. The van der Waals surface area contributed by atoms with E-state index in [1.54, 1.807) is 24.7 Å². The second-order valence-electron chi connectivity index (χ2n) is 2.95. The Kier molecular flexibility index (Phi) is 2.48. The summed E-state index contributed by atoms with van der Waals surface area (Å²) in [5.74, 6) is 0. The monoisotopic (exact) mass is 226 g/mol. The molecule has 0 fully saturated rings. The summed E-state index contributed by atoms with van der Waals surface area (Å²) in [6, 6.07) is 3.72. The summed E-state index contributed by atoms with van der Waals surface area (Å²) in [4.78, 5) is 3.23. The fourth-order valence-corrected chi connectivity index (χ4v) is 1.60. The third-order valence-corrected chi connectivity index (χ3v) is 2.68. The van der Waals surface area contributed by atoms with Gasteiger partial charge in [-0.05, 0) is 29.8 Å². The molecule has 1 atom stereocenters. The molecular formula is C10H8Cl2N2. The first-order chi connectivity index (χ1) is 6.71. The van der Waals surface area contributed by atoms with Crippen LogP contribution in [0.5, 0.6) is 0 Å². The van der Waals surface area contributed by atoms with Gasteiger partial charge >= 0.3 is 0 Å². The molecule has 1 unspecified atom stereocenters. The molecule has 2 heterocycles. The van der Waals surface area contributed by atoms with Gasteiger partial charge in [-0.3, -0.25) is 4.98 Å². The number of nitrogens with one attached hydrogen (secondary N) is 1. The number of halogens is 2. The van der Waals surface area contributed by atoms with Crippen LogP contribution in [0.1, 0.15) is 5.56 Å². The van der Waals surface area contributed by atoms with Crippen molar-refractivity contribution in [3.8, 4) is 0 Å². The zero-order valence-corrected chi connectivity index (χ0v) is 8.76. The molecule has 0 spiro atoms. The molecule has 0 radical (unpaired) electrons. The van der Waals surface area contributed by atoms with Crippen molar-refractivity contribution < 1.29 is 0 Å². The third-order valence-electron chi connectivity index (χ3n) is 1.99.